The summed E-state index contributed by atoms with van der Waals surface area (Å²) in [5.41, 5.74) is -1.23. The van der Waals surface area contributed by atoms with Gasteiger partial charge in [-0.15, -0.1) is 0 Å². The molecular weight excluding hydrogens is 592 g/mol. The van der Waals surface area contributed by atoms with Crippen molar-refractivity contribution in [3.8, 4) is 0 Å². The van der Waals surface area contributed by atoms with Crippen molar-refractivity contribution in [2.75, 3.05) is 78.5 Å². The summed E-state index contributed by atoms with van der Waals surface area (Å²) >= 11 is 0. The van der Waals surface area contributed by atoms with E-state index in [2.05, 4.69) is 4.90 Å². The first-order chi connectivity index (χ1) is 21.1. The first-order valence-corrected chi connectivity index (χ1v) is 16.1. The van der Waals surface area contributed by atoms with E-state index < -0.39 is 28.7 Å². The molecule has 0 aliphatic carbocycles. The van der Waals surface area contributed by atoms with E-state index in [1.54, 1.807) is 20.8 Å². The molecule has 1 fully saturated rings. The number of quaternary nitrogens is 1. The van der Waals surface area contributed by atoms with E-state index in [-0.39, 0.29) is 42.6 Å². The smallest absolute Gasteiger partial charge is 0.362 e. The van der Waals surface area contributed by atoms with Crippen LogP contribution in [-0.2, 0) is 33.4 Å². The number of esters is 3. The Labute approximate surface area is 275 Å². The summed E-state index contributed by atoms with van der Waals surface area (Å²) in [6, 6.07) is 9.21. The van der Waals surface area contributed by atoms with Crippen LogP contribution < -0.4 is 4.48 Å². The standard InChI is InChI=1S/C34H56N4O8/c1-32(2,3)44-29(41)23-36-17-15-35(16-18-37(20-19-36)24-30(42)45-33(4,5)6)21-22-38(25-28(39)40,27-13-11-10-12-14-27)26-31(43)46-34(7,8)9/h10-14H,15-26H2,1-9H3/p+1/t38-/m0/s1. The molecule has 2 rings (SSSR count). The highest BCUT2D eigenvalue weighted by Gasteiger charge is 2.38. The zero-order valence-electron chi connectivity index (χ0n) is 29.5. The van der Waals surface area contributed by atoms with Crippen molar-refractivity contribution in [1.82, 2.24) is 19.2 Å². The number of hydrogen-bond donors (Lipinski definition) is 1. The molecule has 1 aromatic carbocycles. The Morgan fingerprint density at radius 1 is 0.630 bits per heavy atom. The van der Waals surface area contributed by atoms with Crippen molar-refractivity contribution < 1.29 is 38.5 Å². The van der Waals surface area contributed by atoms with Crippen molar-refractivity contribution in [2.45, 2.75) is 79.1 Å². The minimum atomic E-state index is -1.02. The third kappa shape index (κ3) is 15.5. The van der Waals surface area contributed by atoms with Crippen molar-refractivity contribution in [3.05, 3.63) is 30.3 Å². The van der Waals surface area contributed by atoms with Gasteiger partial charge < -0.3 is 19.3 Å². The Hall–Kier alpha value is -3.06. The van der Waals surface area contributed by atoms with E-state index in [1.165, 1.54) is 0 Å². The van der Waals surface area contributed by atoms with Crippen molar-refractivity contribution in [3.63, 3.8) is 0 Å². The molecule has 1 heterocycles. The van der Waals surface area contributed by atoms with Crippen LogP contribution in [0.5, 0.6) is 0 Å². The first-order valence-electron chi connectivity index (χ1n) is 16.1. The van der Waals surface area contributed by atoms with Crippen LogP contribution in [0.15, 0.2) is 30.3 Å². The molecule has 0 unspecified atom stereocenters. The highest BCUT2D eigenvalue weighted by atomic mass is 16.6. The average Bonchev–Trinajstić information content (AvgIpc) is 2.95. The van der Waals surface area contributed by atoms with E-state index in [1.807, 2.05) is 81.7 Å². The number of rotatable bonds is 12. The van der Waals surface area contributed by atoms with Gasteiger partial charge in [0, 0.05) is 45.8 Å². The number of benzene rings is 1. The molecule has 1 aliphatic heterocycles. The van der Waals surface area contributed by atoms with Crippen LogP contribution in [-0.4, -0.2) is 139 Å². The molecule has 0 bridgehead atoms. The SMILES string of the molecule is CC(C)(C)OC(=O)CN1CCN(CC[N@+](CC(=O)O)(CC(=O)OC(C)(C)C)c2ccccc2)CCN(CC(=O)OC(C)(C)C)CC1. The molecule has 46 heavy (non-hydrogen) atoms. The fourth-order valence-corrected chi connectivity index (χ4v) is 5.32. The second-order valence-electron chi connectivity index (χ2n) is 15.1. The van der Waals surface area contributed by atoms with Gasteiger partial charge >= 0.3 is 23.9 Å². The maximum Gasteiger partial charge on any atom is 0.362 e. The first kappa shape index (κ1) is 39.1. The van der Waals surface area contributed by atoms with Crippen LogP contribution in [0.4, 0.5) is 5.69 Å². The number of hydrogen-bond acceptors (Lipinski definition) is 10. The largest absolute Gasteiger partial charge is 0.477 e. The summed E-state index contributed by atoms with van der Waals surface area (Å²) in [5, 5.41) is 10.0. The van der Waals surface area contributed by atoms with E-state index in [9.17, 15) is 24.3 Å². The average molecular weight is 650 g/mol. The van der Waals surface area contributed by atoms with E-state index in [0.29, 0.717) is 58.0 Å². The maximum absolute atomic E-state index is 13.2. The second-order valence-corrected chi connectivity index (χ2v) is 15.1. The van der Waals surface area contributed by atoms with Crippen LogP contribution in [0.1, 0.15) is 62.3 Å². The fraction of sp³-hybridized carbons (Fsp3) is 0.706. The van der Waals surface area contributed by atoms with Crippen LogP contribution >= 0.6 is 0 Å². The Bertz CT molecular complexity index is 1110. The Kier molecular flexibility index (Phi) is 14.2. The number of carbonyl (C=O) groups is 4. The van der Waals surface area contributed by atoms with Gasteiger partial charge in [-0.05, 0) is 74.4 Å². The third-order valence-corrected chi connectivity index (χ3v) is 7.18. The van der Waals surface area contributed by atoms with Crippen molar-refractivity contribution >= 4 is 29.6 Å². The summed E-state index contributed by atoms with van der Waals surface area (Å²) < 4.78 is 16.7. The number of carboxylic acid groups (broad SMARTS) is 1. The van der Waals surface area contributed by atoms with Gasteiger partial charge in [-0.3, -0.25) is 28.8 Å². The van der Waals surface area contributed by atoms with Gasteiger partial charge in [-0.1, -0.05) is 18.2 Å². The minimum Gasteiger partial charge on any atom is -0.477 e. The molecule has 12 heteroatoms. The van der Waals surface area contributed by atoms with E-state index in [4.69, 9.17) is 14.2 Å². The van der Waals surface area contributed by atoms with Gasteiger partial charge in [0.15, 0.2) is 13.1 Å². The molecule has 1 saturated heterocycles. The lowest BCUT2D eigenvalue weighted by Gasteiger charge is -2.38. The normalized spacial score (nSPS) is 17.6. The molecule has 0 amide bonds. The van der Waals surface area contributed by atoms with Gasteiger partial charge in [-0.2, -0.15) is 0 Å². The van der Waals surface area contributed by atoms with Crippen LogP contribution in [0.3, 0.4) is 0 Å². The molecule has 0 saturated carbocycles. The summed E-state index contributed by atoms with van der Waals surface area (Å²) in [7, 11) is 0. The zero-order valence-corrected chi connectivity index (χ0v) is 29.5. The number of nitrogens with zero attached hydrogens (tertiary/aromatic N) is 4. The second kappa shape index (κ2) is 16.7. The van der Waals surface area contributed by atoms with E-state index >= 15 is 0 Å². The number of ether oxygens (including phenoxy) is 3. The van der Waals surface area contributed by atoms with Gasteiger partial charge in [0.25, 0.3) is 0 Å². The molecule has 1 atom stereocenters. The highest BCUT2D eigenvalue weighted by molar-refractivity contribution is 5.79. The lowest BCUT2D eigenvalue weighted by molar-refractivity contribution is -0.158. The lowest BCUT2D eigenvalue weighted by atomic mass is 10.2. The highest BCUT2D eigenvalue weighted by Crippen LogP contribution is 2.24. The number of aliphatic carboxylic acids is 1. The topological polar surface area (TPSA) is 126 Å². The maximum atomic E-state index is 13.2. The molecule has 1 aromatic rings. The lowest BCUT2D eigenvalue weighted by Crippen LogP contribution is -2.59. The monoisotopic (exact) mass is 649 g/mol. The molecule has 12 nitrogen and oxygen atoms in total. The molecule has 0 spiro atoms. The van der Waals surface area contributed by atoms with Gasteiger partial charge in [0.05, 0.1) is 19.6 Å². The van der Waals surface area contributed by atoms with Crippen LogP contribution in [0, 0.1) is 0 Å². The number of para-hydroxylation sites is 1. The summed E-state index contributed by atoms with van der Waals surface area (Å²) in [5.74, 6) is -2.15. The van der Waals surface area contributed by atoms with Crippen LogP contribution in [0.25, 0.3) is 0 Å². The van der Waals surface area contributed by atoms with Gasteiger partial charge in [-0.25, -0.2) is 9.59 Å². The molecule has 1 N–H and O–H groups in total. The predicted octanol–water partition coefficient (Wildman–Crippen LogP) is 3.02. The van der Waals surface area contributed by atoms with Crippen molar-refractivity contribution in [2.24, 2.45) is 0 Å². The minimum absolute atomic E-state index is 0.104. The Morgan fingerprint density at radius 2 is 1.02 bits per heavy atom. The number of carbonyl (C=O) groups excluding carboxylic acids is 3. The Balaban J connectivity index is 2.34. The molecular formula is C34H57N4O8+. The van der Waals surface area contributed by atoms with Gasteiger partial charge in [0.2, 0.25) is 0 Å². The van der Waals surface area contributed by atoms with Gasteiger partial charge in [0.1, 0.15) is 22.5 Å². The molecule has 1 aliphatic rings. The summed E-state index contributed by atoms with van der Waals surface area (Å²) in [6.45, 7) is 20.3. The van der Waals surface area contributed by atoms with Crippen LogP contribution in [0.2, 0.25) is 0 Å². The molecule has 0 radical (unpaired) electrons. The third-order valence-electron chi connectivity index (χ3n) is 7.18. The Morgan fingerprint density at radius 3 is 1.41 bits per heavy atom. The predicted molar refractivity (Wildman–Crippen MR) is 177 cm³/mol. The summed E-state index contributed by atoms with van der Waals surface area (Å²) in [6.07, 6.45) is 0. The molecule has 0 aromatic heterocycles. The van der Waals surface area contributed by atoms with E-state index in [0.717, 1.165) is 0 Å². The number of carboxylic acids is 1. The fourth-order valence-electron chi connectivity index (χ4n) is 5.32. The quantitative estimate of drug-likeness (QED) is 0.204. The summed E-state index contributed by atoms with van der Waals surface area (Å²) in [4.78, 5) is 57.2. The molecule has 260 valence electrons. The van der Waals surface area contributed by atoms with Crippen molar-refractivity contribution in [1.29, 1.82) is 0 Å². The zero-order chi connectivity index (χ0) is 34.8.